The summed E-state index contributed by atoms with van der Waals surface area (Å²) in [6.07, 6.45) is 2.63. The molecule has 0 spiro atoms. The van der Waals surface area contributed by atoms with Gasteiger partial charge in [-0.2, -0.15) is 0 Å². The first-order valence-corrected chi connectivity index (χ1v) is 5.77. The number of nitrogens with two attached hydrogens (primary N) is 1. The minimum atomic E-state index is -1.08. The van der Waals surface area contributed by atoms with Crippen LogP contribution in [0.3, 0.4) is 0 Å². The van der Waals surface area contributed by atoms with Gasteiger partial charge in [0.2, 0.25) is 5.91 Å². The van der Waals surface area contributed by atoms with Crippen molar-refractivity contribution in [2.75, 3.05) is 0 Å². The third-order valence-electron chi connectivity index (χ3n) is 2.64. The summed E-state index contributed by atoms with van der Waals surface area (Å²) in [7, 11) is 0. The molecular formula is C14H12N2O4. The first kappa shape index (κ1) is 13.5. The standard InChI is InChI=1S/C14H12N2O4/c15-13(17)12-4-2-1-3-9(12)8-20-11-5-10(14(18)19)6-16-7-11/h1-7H,8H2,(H2,15,17)(H,18,19). The summed E-state index contributed by atoms with van der Waals surface area (Å²) in [5, 5.41) is 8.85. The number of carboxylic acid groups (broad SMARTS) is 1. The Morgan fingerprint density at radius 2 is 2.00 bits per heavy atom. The van der Waals surface area contributed by atoms with Crippen LogP contribution >= 0.6 is 0 Å². The first-order chi connectivity index (χ1) is 9.58. The second-order valence-corrected chi connectivity index (χ2v) is 4.02. The van der Waals surface area contributed by atoms with Gasteiger partial charge in [-0.15, -0.1) is 0 Å². The van der Waals surface area contributed by atoms with Crippen LogP contribution < -0.4 is 10.5 Å². The van der Waals surface area contributed by atoms with Crippen LogP contribution in [0.25, 0.3) is 0 Å². The van der Waals surface area contributed by atoms with Gasteiger partial charge in [0.25, 0.3) is 0 Å². The molecule has 1 aromatic heterocycles. The van der Waals surface area contributed by atoms with Crippen LogP contribution in [0.5, 0.6) is 5.75 Å². The molecule has 6 heteroatoms. The van der Waals surface area contributed by atoms with Gasteiger partial charge in [0.1, 0.15) is 12.4 Å². The van der Waals surface area contributed by atoms with Gasteiger partial charge >= 0.3 is 5.97 Å². The van der Waals surface area contributed by atoms with Gasteiger partial charge in [0, 0.05) is 17.3 Å². The molecule has 6 nitrogen and oxygen atoms in total. The number of pyridine rings is 1. The maximum absolute atomic E-state index is 11.3. The number of nitrogens with zero attached hydrogens (tertiary/aromatic N) is 1. The number of hydrogen-bond acceptors (Lipinski definition) is 4. The van der Waals surface area contributed by atoms with Crippen LogP contribution in [-0.4, -0.2) is 22.0 Å². The van der Waals surface area contributed by atoms with E-state index in [9.17, 15) is 9.59 Å². The zero-order valence-corrected chi connectivity index (χ0v) is 10.4. The van der Waals surface area contributed by atoms with Gasteiger partial charge in [-0.3, -0.25) is 9.78 Å². The predicted molar refractivity (Wildman–Crippen MR) is 70.5 cm³/mol. The molecule has 0 bridgehead atoms. The van der Waals surface area contributed by atoms with E-state index in [1.54, 1.807) is 24.3 Å². The Kier molecular flexibility index (Phi) is 3.95. The number of carbonyl (C=O) groups is 2. The number of rotatable bonds is 5. The fourth-order valence-corrected chi connectivity index (χ4v) is 1.66. The van der Waals surface area contributed by atoms with Gasteiger partial charge in [-0.25, -0.2) is 4.79 Å². The Labute approximate surface area is 114 Å². The Morgan fingerprint density at radius 3 is 2.70 bits per heavy atom. The lowest BCUT2D eigenvalue weighted by Crippen LogP contribution is -2.14. The van der Waals surface area contributed by atoms with E-state index < -0.39 is 11.9 Å². The average Bonchev–Trinajstić information content (AvgIpc) is 2.45. The highest BCUT2D eigenvalue weighted by Crippen LogP contribution is 2.15. The van der Waals surface area contributed by atoms with Gasteiger partial charge in [-0.05, 0) is 12.1 Å². The molecule has 0 saturated carbocycles. The maximum atomic E-state index is 11.3. The Morgan fingerprint density at radius 1 is 1.25 bits per heavy atom. The molecular weight excluding hydrogens is 260 g/mol. The average molecular weight is 272 g/mol. The second kappa shape index (κ2) is 5.83. The minimum Gasteiger partial charge on any atom is -0.487 e. The highest BCUT2D eigenvalue weighted by atomic mass is 16.5. The number of primary amides is 1. The Balaban J connectivity index is 2.15. The van der Waals surface area contributed by atoms with E-state index in [4.69, 9.17) is 15.6 Å². The van der Waals surface area contributed by atoms with Crippen molar-refractivity contribution in [2.45, 2.75) is 6.61 Å². The Bertz CT molecular complexity index is 655. The predicted octanol–water partition coefficient (Wildman–Crippen LogP) is 1.46. The lowest BCUT2D eigenvalue weighted by Gasteiger charge is -2.09. The number of aromatic nitrogens is 1. The lowest BCUT2D eigenvalue weighted by atomic mass is 10.1. The van der Waals surface area contributed by atoms with Crippen molar-refractivity contribution < 1.29 is 19.4 Å². The van der Waals surface area contributed by atoms with Crippen molar-refractivity contribution in [3.63, 3.8) is 0 Å². The van der Waals surface area contributed by atoms with Gasteiger partial charge in [0.05, 0.1) is 11.8 Å². The molecule has 2 rings (SSSR count). The van der Waals surface area contributed by atoms with Crippen LogP contribution in [0.2, 0.25) is 0 Å². The smallest absolute Gasteiger partial charge is 0.337 e. The summed E-state index contributed by atoms with van der Waals surface area (Å²) in [4.78, 5) is 25.8. The summed E-state index contributed by atoms with van der Waals surface area (Å²) in [5.74, 6) is -1.31. The third kappa shape index (κ3) is 3.11. The van der Waals surface area contributed by atoms with E-state index >= 15 is 0 Å². The number of carbonyl (C=O) groups excluding carboxylic acids is 1. The van der Waals surface area contributed by atoms with Crippen LogP contribution in [0.15, 0.2) is 42.7 Å². The molecule has 2 aromatic rings. The van der Waals surface area contributed by atoms with E-state index in [2.05, 4.69) is 4.98 Å². The molecule has 0 aliphatic rings. The number of carboxylic acids is 1. The SMILES string of the molecule is NC(=O)c1ccccc1COc1cncc(C(=O)O)c1. The third-order valence-corrected chi connectivity index (χ3v) is 2.64. The lowest BCUT2D eigenvalue weighted by molar-refractivity contribution is 0.0695. The molecule has 0 unspecified atom stereocenters. The largest absolute Gasteiger partial charge is 0.487 e. The Hall–Kier alpha value is -2.89. The molecule has 1 aromatic carbocycles. The number of amides is 1. The van der Waals surface area contributed by atoms with Crippen LogP contribution in [0, 0.1) is 0 Å². The maximum Gasteiger partial charge on any atom is 0.337 e. The topological polar surface area (TPSA) is 103 Å². The molecule has 0 fully saturated rings. The molecule has 102 valence electrons. The van der Waals surface area contributed by atoms with Crippen molar-refractivity contribution in [2.24, 2.45) is 5.73 Å². The van der Waals surface area contributed by atoms with Crippen molar-refractivity contribution in [3.8, 4) is 5.75 Å². The summed E-state index contributed by atoms with van der Waals surface area (Å²) in [6, 6.07) is 8.15. The number of ether oxygens (including phenoxy) is 1. The highest BCUT2D eigenvalue weighted by molar-refractivity contribution is 5.94. The highest BCUT2D eigenvalue weighted by Gasteiger charge is 2.09. The summed E-state index contributed by atoms with van der Waals surface area (Å²) >= 11 is 0. The fourth-order valence-electron chi connectivity index (χ4n) is 1.66. The number of benzene rings is 1. The summed E-state index contributed by atoms with van der Waals surface area (Å²) < 4.78 is 5.44. The van der Waals surface area contributed by atoms with Gasteiger partial charge < -0.3 is 15.6 Å². The van der Waals surface area contributed by atoms with E-state index in [0.717, 1.165) is 0 Å². The van der Waals surface area contributed by atoms with Gasteiger partial charge in [0.15, 0.2) is 0 Å². The molecule has 1 heterocycles. The normalized spacial score (nSPS) is 10.0. The molecule has 0 atom stereocenters. The van der Waals surface area contributed by atoms with Crippen LogP contribution in [0.1, 0.15) is 26.3 Å². The first-order valence-electron chi connectivity index (χ1n) is 5.77. The zero-order chi connectivity index (χ0) is 14.5. The van der Waals surface area contributed by atoms with Gasteiger partial charge in [-0.1, -0.05) is 18.2 Å². The molecule has 0 saturated heterocycles. The van der Waals surface area contributed by atoms with Crippen molar-refractivity contribution in [1.29, 1.82) is 0 Å². The summed E-state index contributed by atoms with van der Waals surface area (Å²) in [6.45, 7) is 0.101. The van der Waals surface area contributed by atoms with E-state index in [-0.39, 0.29) is 12.2 Å². The zero-order valence-electron chi connectivity index (χ0n) is 10.4. The number of aromatic carboxylic acids is 1. The van der Waals surface area contributed by atoms with E-state index in [1.807, 2.05) is 0 Å². The van der Waals surface area contributed by atoms with Crippen molar-refractivity contribution in [1.82, 2.24) is 4.98 Å². The quantitative estimate of drug-likeness (QED) is 0.857. The molecule has 0 aliphatic carbocycles. The molecule has 0 aliphatic heterocycles. The molecule has 1 amide bonds. The minimum absolute atomic E-state index is 0.0330. The number of hydrogen-bond donors (Lipinski definition) is 2. The molecule has 20 heavy (non-hydrogen) atoms. The second-order valence-electron chi connectivity index (χ2n) is 4.02. The fraction of sp³-hybridized carbons (Fsp3) is 0.0714. The van der Waals surface area contributed by atoms with Crippen LogP contribution in [0.4, 0.5) is 0 Å². The van der Waals surface area contributed by atoms with Crippen LogP contribution in [-0.2, 0) is 6.61 Å². The van der Waals surface area contributed by atoms with E-state index in [0.29, 0.717) is 16.9 Å². The van der Waals surface area contributed by atoms with E-state index in [1.165, 1.54) is 18.5 Å². The monoisotopic (exact) mass is 272 g/mol. The van der Waals surface area contributed by atoms with Crippen molar-refractivity contribution >= 4 is 11.9 Å². The molecule has 3 N–H and O–H groups in total. The van der Waals surface area contributed by atoms with Crippen molar-refractivity contribution in [3.05, 3.63) is 59.4 Å². The molecule has 0 radical (unpaired) electrons. The summed E-state index contributed by atoms with van der Waals surface area (Å²) in [5.41, 5.74) is 6.29.